The maximum Gasteiger partial charge on any atom is 0.319 e. The molecule has 2 amide bonds. The predicted molar refractivity (Wildman–Crippen MR) is 116 cm³/mol. The molecule has 1 aromatic carbocycles. The molecule has 1 aliphatic rings. The quantitative estimate of drug-likeness (QED) is 0.573. The number of aliphatic hydroxyl groups is 1. The zero-order valence-corrected chi connectivity index (χ0v) is 17.7. The fourth-order valence-corrected chi connectivity index (χ4v) is 3.82. The van der Waals surface area contributed by atoms with Crippen molar-refractivity contribution in [3.8, 4) is 0 Å². The second-order valence-electron chi connectivity index (χ2n) is 8.21. The Morgan fingerprint density at radius 3 is 2.71 bits per heavy atom. The average Bonchev–Trinajstić information content (AvgIpc) is 3.30. The van der Waals surface area contributed by atoms with Crippen LogP contribution in [0.5, 0.6) is 0 Å². The van der Waals surface area contributed by atoms with E-state index in [0.717, 1.165) is 5.56 Å². The van der Waals surface area contributed by atoms with Gasteiger partial charge in [0.15, 0.2) is 0 Å². The molecule has 0 radical (unpaired) electrons. The number of nitrogens with one attached hydrogen (secondary N) is 2. The summed E-state index contributed by atoms with van der Waals surface area (Å²) >= 11 is 0. The van der Waals surface area contributed by atoms with Crippen LogP contribution in [-0.2, 0) is 0 Å². The summed E-state index contributed by atoms with van der Waals surface area (Å²) in [5, 5.41) is 16.0. The Balaban J connectivity index is 1.46. The first kappa shape index (κ1) is 21.0. The van der Waals surface area contributed by atoms with Gasteiger partial charge < -0.3 is 25.1 Å². The number of halogens is 1. The number of nitrogens with zero attached hydrogens (tertiary/aromatic N) is 3. The summed E-state index contributed by atoms with van der Waals surface area (Å²) in [7, 11) is 0. The molecule has 1 saturated heterocycles. The number of aromatic nitrogens is 2. The van der Waals surface area contributed by atoms with E-state index in [9.17, 15) is 14.3 Å². The number of urea groups is 1. The van der Waals surface area contributed by atoms with Gasteiger partial charge in [0.2, 0.25) is 5.95 Å². The van der Waals surface area contributed by atoms with E-state index < -0.39 is 12.1 Å². The summed E-state index contributed by atoms with van der Waals surface area (Å²) in [5.74, 6) is 0.828. The number of amides is 2. The van der Waals surface area contributed by atoms with Crippen molar-refractivity contribution in [2.45, 2.75) is 39.3 Å². The Hall–Kier alpha value is -3.20. The van der Waals surface area contributed by atoms with Crippen LogP contribution in [0, 0.1) is 18.7 Å². The molecule has 164 valence electrons. The van der Waals surface area contributed by atoms with Gasteiger partial charge in [-0.25, -0.2) is 19.2 Å². The van der Waals surface area contributed by atoms with E-state index in [4.69, 9.17) is 4.42 Å². The van der Waals surface area contributed by atoms with Gasteiger partial charge in [0.05, 0.1) is 30.2 Å². The van der Waals surface area contributed by atoms with Gasteiger partial charge in [0.1, 0.15) is 17.2 Å². The summed E-state index contributed by atoms with van der Waals surface area (Å²) in [6.07, 6.45) is 3.40. The molecule has 31 heavy (non-hydrogen) atoms. The number of β-amino-alcohol motifs (C(OH)–C–C–N with tert-alkyl or cyclic N) is 1. The van der Waals surface area contributed by atoms with E-state index in [1.54, 1.807) is 6.07 Å². The second-order valence-corrected chi connectivity index (χ2v) is 8.21. The summed E-state index contributed by atoms with van der Waals surface area (Å²) in [4.78, 5) is 23.1. The first-order valence-electron chi connectivity index (χ1n) is 10.3. The Morgan fingerprint density at radius 1 is 1.32 bits per heavy atom. The van der Waals surface area contributed by atoms with Gasteiger partial charge in [-0.1, -0.05) is 13.8 Å². The summed E-state index contributed by atoms with van der Waals surface area (Å²) in [6, 6.07) is 3.57. The number of hydrogen-bond acceptors (Lipinski definition) is 6. The lowest BCUT2D eigenvalue weighted by Crippen LogP contribution is -2.35. The van der Waals surface area contributed by atoms with Gasteiger partial charge in [-0.05, 0) is 37.5 Å². The molecule has 2 atom stereocenters. The number of aliphatic hydroxyl groups excluding tert-OH is 1. The van der Waals surface area contributed by atoms with Crippen molar-refractivity contribution in [3.05, 3.63) is 47.7 Å². The Bertz CT molecular complexity index is 1080. The van der Waals surface area contributed by atoms with Crippen LogP contribution in [0.25, 0.3) is 11.0 Å². The fourth-order valence-electron chi connectivity index (χ4n) is 3.82. The summed E-state index contributed by atoms with van der Waals surface area (Å²) in [5.41, 5.74) is 1.83. The number of aryl methyl sites for hydroxylation is 1. The molecule has 0 saturated carbocycles. The van der Waals surface area contributed by atoms with Crippen molar-refractivity contribution in [3.63, 3.8) is 0 Å². The molecule has 1 fully saturated rings. The normalized spacial score (nSPS) is 17.4. The number of fused-ring (bicyclic) bond motifs is 1. The first-order chi connectivity index (χ1) is 14.8. The number of rotatable bonds is 5. The van der Waals surface area contributed by atoms with E-state index in [1.807, 2.05) is 25.7 Å². The lowest BCUT2D eigenvalue weighted by Gasteiger charge is -2.21. The Morgan fingerprint density at radius 2 is 2.06 bits per heavy atom. The number of hydrogen-bond donors (Lipinski definition) is 3. The third-order valence-corrected chi connectivity index (χ3v) is 5.51. The third kappa shape index (κ3) is 4.46. The predicted octanol–water partition coefficient (Wildman–Crippen LogP) is 3.76. The van der Waals surface area contributed by atoms with E-state index in [2.05, 4.69) is 20.6 Å². The third-order valence-electron chi connectivity index (χ3n) is 5.51. The molecule has 2 aromatic heterocycles. The van der Waals surface area contributed by atoms with Gasteiger partial charge in [0, 0.05) is 24.0 Å². The van der Waals surface area contributed by atoms with Gasteiger partial charge in [0.25, 0.3) is 0 Å². The summed E-state index contributed by atoms with van der Waals surface area (Å²) < 4.78 is 19.6. The molecule has 0 unspecified atom stereocenters. The highest BCUT2D eigenvalue weighted by atomic mass is 19.1. The van der Waals surface area contributed by atoms with Crippen molar-refractivity contribution >= 4 is 28.6 Å². The standard InChI is InChI=1S/C22H26FN5O3/c1-12(2)19(20-13(3)17-8-14(23)4-5-18(17)31-20)27-22(30)26-15-9-24-21(25-10-15)28-7-6-16(29)11-28/h4-5,8-10,12,16,19,29H,6-7,11H2,1-3H3,(H2,26,27,30)/t16-,19-/m1/s1. The average molecular weight is 427 g/mol. The van der Waals surface area contributed by atoms with E-state index >= 15 is 0 Å². The number of carbonyl (C=O) groups excluding carboxylic acids is 1. The minimum atomic E-state index is -0.419. The maximum absolute atomic E-state index is 13.6. The molecular weight excluding hydrogens is 401 g/mol. The zero-order valence-electron chi connectivity index (χ0n) is 17.7. The Labute approximate surface area is 179 Å². The lowest BCUT2D eigenvalue weighted by molar-refractivity contribution is 0.198. The number of anilines is 2. The number of benzene rings is 1. The maximum atomic E-state index is 13.6. The van der Waals surface area contributed by atoms with Gasteiger partial charge in [-0.2, -0.15) is 0 Å². The minimum Gasteiger partial charge on any atom is -0.459 e. The van der Waals surface area contributed by atoms with Crippen LogP contribution in [0.15, 0.2) is 35.0 Å². The van der Waals surface area contributed by atoms with Crippen LogP contribution in [0.1, 0.15) is 37.6 Å². The molecule has 0 bridgehead atoms. The van der Waals surface area contributed by atoms with Crippen LogP contribution in [-0.4, -0.2) is 40.3 Å². The van der Waals surface area contributed by atoms with E-state index in [-0.39, 0.29) is 17.8 Å². The lowest BCUT2D eigenvalue weighted by atomic mass is 9.98. The van der Waals surface area contributed by atoms with Crippen molar-refractivity contribution < 1.29 is 18.7 Å². The number of carbonyl (C=O) groups is 1. The highest BCUT2D eigenvalue weighted by Crippen LogP contribution is 2.33. The SMILES string of the molecule is Cc1c([C@H](NC(=O)Nc2cnc(N3CC[C@@H](O)C3)nc2)C(C)C)oc2ccc(F)cc12. The van der Waals surface area contributed by atoms with Crippen LogP contribution in [0.4, 0.5) is 20.8 Å². The van der Waals surface area contributed by atoms with Crippen LogP contribution in [0.2, 0.25) is 0 Å². The van der Waals surface area contributed by atoms with Crippen molar-refractivity contribution in [1.29, 1.82) is 0 Å². The van der Waals surface area contributed by atoms with Crippen LogP contribution in [0.3, 0.4) is 0 Å². The fraction of sp³-hybridized carbons (Fsp3) is 0.409. The Kier molecular flexibility index (Phi) is 5.77. The van der Waals surface area contributed by atoms with Crippen LogP contribution >= 0.6 is 0 Å². The molecule has 8 nitrogen and oxygen atoms in total. The van der Waals surface area contributed by atoms with Crippen molar-refractivity contribution in [1.82, 2.24) is 15.3 Å². The van der Waals surface area contributed by atoms with Crippen molar-refractivity contribution in [2.75, 3.05) is 23.3 Å². The first-order valence-corrected chi connectivity index (χ1v) is 10.3. The zero-order chi connectivity index (χ0) is 22.1. The minimum absolute atomic E-state index is 0.0371. The molecule has 0 spiro atoms. The summed E-state index contributed by atoms with van der Waals surface area (Å²) in [6.45, 7) is 7.01. The molecular formula is C22H26FN5O3. The molecule has 4 rings (SSSR count). The van der Waals surface area contributed by atoms with E-state index in [1.165, 1.54) is 24.5 Å². The van der Waals surface area contributed by atoms with Crippen molar-refractivity contribution in [2.24, 2.45) is 5.92 Å². The monoisotopic (exact) mass is 427 g/mol. The number of furan rings is 1. The largest absolute Gasteiger partial charge is 0.459 e. The van der Waals surface area contributed by atoms with Gasteiger partial charge >= 0.3 is 6.03 Å². The molecule has 3 aromatic rings. The topological polar surface area (TPSA) is 104 Å². The van der Waals surface area contributed by atoms with E-state index in [0.29, 0.717) is 47.9 Å². The van der Waals surface area contributed by atoms with Gasteiger partial charge in [-0.3, -0.25) is 0 Å². The smallest absolute Gasteiger partial charge is 0.319 e. The highest BCUT2D eigenvalue weighted by molar-refractivity contribution is 5.89. The highest BCUT2D eigenvalue weighted by Gasteiger charge is 2.26. The molecule has 3 N–H and O–H groups in total. The molecule has 3 heterocycles. The molecule has 0 aliphatic carbocycles. The van der Waals surface area contributed by atoms with Crippen LogP contribution < -0.4 is 15.5 Å². The molecule has 9 heteroatoms. The van der Waals surface area contributed by atoms with Gasteiger partial charge in [-0.15, -0.1) is 0 Å². The molecule has 1 aliphatic heterocycles. The second kappa shape index (κ2) is 8.50.